The van der Waals surface area contributed by atoms with Gasteiger partial charge in [-0.15, -0.1) is 11.3 Å². The molecule has 4 aliphatic rings. The van der Waals surface area contributed by atoms with E-state index in [1.54, 1.807) is 16.5 Å². The van der Waals surface area contributed by atoms with Crippen LogP contribution >= 0.6 is 22.9 Å². The van der Waals surface area contributed by atoms with Crippen molar-refractivity contribution >= 4 is 46.7 Å². The average molecular weight is 603 g/mol. The van der Waals surface area contributed by atoms with Crippen LogP contribution in [0.2, 0.25) is 5.02 Å². The van der Waals surface area contributed by atoms with Gasteiger partial charge in [-0.3, -0.25) is 14.7 Å². The van der Waals surface area contributed by atoms with Crippen LogP contribution in [0.3, 0.4) is 0 Å². The van der Waals surface area contributed by atoms with Gasteiger partial charge >= 0.3 is 18.0 Å². The summed E-state index contributed by atoms with van der Waals surface area (Å²) in [5.74, 6) is -1.24. The molecule has 1 saturated carbocycles. The number of esters is 2. The zero-order valence-electron chi connectivity index (χ0n) is 22.4. The molecule has 41 heavy (non-hydrogen) atoms. The minimum Gasteiger partial charge on any atom is -0.468 e. The summed E-state index contributed by atoms with van der Waals surface area (Å²) in [6.45, 7) is 1.33. The van der Waals surface area contributed by atoms with Crippen molar-refractivity contribution in [2.24, 2.45) is 4.99 Å². The highest BCUT2D eigenvalue weighted by Crippen LogP contribution is 2.38. The zero-order chi connectivity index (χ0) is 28.8. The number of fused-ring (bicyclic) bond motifs is 1. The monoisotopic (exact) mass is 602 g/mol. The molecule has 14 heteroatoms. The van der Waals surface area contributed by atoms with E-state index in [-0.39, 0.29) is 29.2 Å². The van der Waals surface area contributed by atoms with E-state index in [1.807, 2.05) is 9.80 Å². The quantitative estimate of drug-likeness (QED) is 0.481. The summed E-state index contributed by atoms with van der Waals surface area (Å²) < 4.78 is 24.3. The number of rotatable bonds is 7. The third-order valence-electron chi connectivity index (χ3n) is 7.88. The van der Waals surface area contributed by atoms with E-state index in [2.05, 4.69) is 10.3 Å². The van der Waals surface area contributed by atoms with Gasteiger partial charge in [0.1, 0.15) is 17.9 Å². The molecule has 0 spiro atoms. The molecule has 3 atom stereocenters. The first-order chi connectivity index (χ1) is 19.8. The summed E-state index contributed by atoms with van der Waals surface area (Å²) in [5.41, 5.74) is 1.03. The number of methoxy groups -OCH3 is 2. The van der Waals surface area contributed by atoms with Crippen molar-refractivity contribution in [1.29, 1.82) is 0 Å². The van der Waals surface area contributed by atoms with Gasteiger partial charge in [-0.25, -0.2) is 19.0 Å². The molecule has 4 heterocycles. The van der Waals surface area contributed by atoms with E-state index in [0.29, 0.717) is 41.7 Å². The SMILES string of the molecule is COC(=O)C1=C(CN2CCN3C(=O)N(C4CC4)C[C@@H]3[C@H]2C(=O)OC)NC(c2nccs2)=N[C@H]1c1ccc(F)cc1Cl. The molecule has 2 amide bonds. The van der Waals surface area contributed by atoms with E-state index in [0.717, 1.165) is 12.8 Å². The number of nitrogens with zero attached hydrogens (tertiary/aromatic N) is 5. The second kappa shape index (κ2) is 11.0. The standard InChI is InChI=1S/C27H28ClFN6O5S/c1-39-25(36)20-18(31-23(24-30-7-10-41-24)32-21(20)16-6-3-14(29)11-17(16)28)12-33-8-9-34-19(22(33)26(37)40-2)13-35(27(34)38)15-4-5-15/h3,6-7,10-11,15,19,21-22H,4-5,8-9,12-13H2,1-2H3,(H,31,32)/t19-,21+,22+/m1/s1. The summed E-state index contributed by atoms with van der Waals surface area (Å²) in [6, 6.07) is 1.99. The van der Waals surface area contributed by atoms with E-state index in [9.17, 15) is 18.8 Å². The summed E-state index contributed by atoms with van der Waals surface area (Å²) in [5, 5.41) is 5.73. The number of amides is 2. The number of amidine groups is 1. The fraction of sp³-hybridized carbons (Fsp3) is 0.444. The van der Waals surface area contributed by atoms with Crippen LogP contribution in [0.1, 0.15) is 29.5 Å². The predicted molar refractivity (Wildman–Crippen MR) is 148 cm³/mol. The van der Waals surface area contributed by atoms with Gasteiger partial charge in [-0.2, -0.15) is 0 Å². The molecule has 1 aliphatic carbocycles. The first-order valence-corrected chi connectivity index (χ1v) is 14.5. The maximum absolute atomic E-state index is 14.0. The summed E-state index contributed by atoms with van der Waals surface area (Å²) in [7, 11) is 2.59. The Morgan fingerprint density at radius 1 is 1.20 bits per heavy atom. The Labute approximate surface area is 244 Å². The van der Waals surface area contributed by atoms with Crippen molar-refractivity contribution in [3.63, 3.8) is 0 Å². The third kappa shape index (κ3) is 5.06. The number of benzene rings is 1. The fourth-order valence-corrected chi connectivity index (χ4v) is 6.66. The molecule has 216 valence electrons. The molecular weight excluding hydrogens is 575 g/mol. The number of carbonyl (C=O) groups is 3. The Kier molecular flexibility index (Phi) is 7.43. The molecule has 0 unspecified atom stereocenters. The summed E-state index contributed by atoms with van der Waals surface area (Å²) >= 11 is 7.81. The molecule has 11 nitrogen and oxygen atoms in total. The lowest BCUT2D eigenvalue weighted by Gasteiger charge is -2.43. The van der Waals surface area contributed by atoms with E-state index < -0.39 is 35.9 Å². The number of urea groups is 1. The number of hydrogen-bond acceptors (Lipinski definition) is 10. The Morgan fingerprint density at radius 2 is 2.00 bits per heavy atom. The van der Waals surface area contributed by atoms with Crippen LogP contribution in [0.4, 0.5) is 9.18 Å². The molecular formula is C27H28ClFN6O5S. The minimum atomic E-state index is -0.929. The number of aliphatic imine (C=N–C) groups is 1. The van der Waals surface area contributed by atoms with Crippen LogP contribution in [0.25, 0.3) is 0 Å². The zero-order valence-corrected chi connectivity index (χ0v) is 24.0. The van der Waals surface area contributed by atoms with Crippen LogP contribution in [0, 0.1) is 5.82 Å². The van der Waals surface area contributed by atoms with Gasteiger partial charge in [0.05, 0.1) is 25.8 Å². The number of nitrogens with one attached hydrogen (secondary N) is 1. The van der Waals surface area contributed by atoms with Crippen molar-refractivity contribution in [3.8, 4) is 0 Å². The molecule has 3 fully saturated rings. The van der Waals surface area contributed by atoms with Gasteiger partial charge in [-0.1, -0.05) is 17.7 Å². The largest absolute Gasteiger partial charge is 0.468 e. The number of aromatic nitrogens is 1. The van der Waals surface area contributed by atoms with Crippen LogP contribution in [-0.2, 0) is 19.1 Å². The van der Waals surface area contributed by atoms with Gasteiger partial charge < -0.3 is 24.6 Å². The van der Waals surface area contributed by atoms with Gasteiger partial charge in [0.15, 0.2) is 10.8 Å². The van der Waals surface area contributed by atoms with E-state index in [1.165, 1.54) is 43.8 Å². The molecule has 1 N–H and O–H groups in total. The van der Waals surface area contributed by atoms with Gasteiger partial charge in [0, 0.05) is 60.1 Å². The lowest BCUT2D eigenvalue weighted by atomic mass is 9.94. The van der Waals surface area contributed by atoms with Crippen LogP contribution in [0.15, 0.2) is 46.0 Å². The number of thiazole rings is 1. The Morgan fingerprint density at radius 3 is 2.66 bits per heavy atom. The average Bonchev–Trinajstić information content (AvgIpc) is 3.54. The van der Waals surface area contributed by atoms with Crippen LogP contribution in [-0.4, -0.2) is 102 Å². The molecule has 0 bridgehead atoms. The Balaban J connectivity index is 1.41. The second-order valence-corrected chi connectivity index (χ2v) is 11.6. The van der Waals surface area contributed by atoms with Gasteiger partial charge in [0.25, 0.3) is 0 Å². The molecule has 3 aliphatic heterocycles. The lowest BCUT2D eigenvalue weighted by molar-refractivity contribution is -0.150. The minimum absolute atomic E-state index is 0.0551. The fourth-order valence-electron chi connectivity index (χ4n) is 5.80. The third-order valence-corrected chi connectivity index (χ3v) is 8.98. The van der Waals surface area contributed by atoms with Crippen LogP contribution in [0.5, 0.6) is 0 Å². The molecule has 1 aromatic carbocycles. The number of piperazine rings is 1. The molecule has 1 aromatic heterocycles. The highest BCUT2D eigenvalue weighted by atomic mass is 35.5. The predicted octanol–water partition coefficient (Wildman–Crippen LogP) is 2.58. The topological polar surface area (TPSA) is 117 Å². The smallest absolute Gasteiger partial charge is 0.338 e. The van der Waals surface area contributed by atoms with Crippen molar-refractivity contribution in [2.75, 3.05) is 40.4 Å². The maximum atomic E-state index is 14.0. The van der Waals surface area contributed by atoms with Crippen molar-refractivity contribution in [2.45, 2.75) is 37.0 Å². The first kappa shape index (κ1) is 27.6. The number of ether oxygens (including phenoxy) is 2. The highest BCUT2D eigenvalue weighted by molar-refractivity contribution is 7.11. The van der Waals surface area contributed by atoms with Crippen LogP contribution < -0.4 is 5.32 Å². The van der Waals surface area contributed by atoms with Crippen molar-refractivity contribution in [3.05, 3.63) is 62.5 Å². The van der Waals surface area contributed by atoms with Gasteiger partial charge in [-0.05, 0) is 25.0 Å². The van der Waals surface area contributed by atoms with Gasteiger partial charge in [0.2, 0.25) is 0 Å². The maximum Gasteiger partial charge on any atom is 0.338 e. The first-order valence-electron chi connectivity index (χ1n) is 13.2. The van der Waals surface area contributed by atoms with E-state index in [4.69, 9.17) is 26.1 Å². The molecule has 6 rings (SSSR count). The van der Waals surface area contributed by atoms with E-state index >= 15 is 0 Å². The number of hydrogen-bond donors (Lipinski definition) is 1. The molecule has 2 aromatic rings. The number of halogens is 2. The highest BCUT2D eigenvalue weighted by Gasteiger charge is 2.53. The Bertz CT molecular complexity index is 1450. The summed E-state index contributed by atoms with van der Waals surface area (Å²) in [6.07, 6.45) is 3.56. The number of carbonyl (C=O) groups excluding carboxylic acids is 3. The Hall–Kier alpha value is -3.55. The van der Waals surface area contributed by atoms with Crippen molar-refractivity contribution in [1.82, 2.24) is 25.0 Å². The molecule has 2 saturated heterocycles. The molecule has 0 radical (unpaired) electrons. The van der Waals surface area contributed by atoms with Crippen molar-refractivity contribution < 1.29 is 28.2 Å². The lowest BCUT2D eigenvalue weighted by Crippen LogP contribution is -2.62. The summed E-state index contributed by atoms with van der Waals surface area (Å²) in [4.78, 5) is 54.3. The normalized spacial score (nSPS) is 24.6. The second-order valence-electron chi connectivity index (χ2n) is 10.3.